The fourth-order valence-electron chi connectivity index (χ4n) is 1.40. The molecule has 2 heteroatoms. The molecular weight excluding hydrogens is 244 g/mol. The Morgan fingerprint density at radius 3 is 1.60 bits per heavy atom. The maximum atomic E-state index is 4.58. The zero-order valence-corrected chi connectivity index (χ0v) is 13.0. The lowest BCUT2D eigenvalue weighted by Gasteiger charge is -2.10. The number of hydrogen-bond acceptors (Lipinski definition) is 2. The molecule has 0 aliphatic heterocycles. The number of nitrogens with zero attached hydrogens (tertiary/aromatic N) is 2. The first-order valence-electron chi connectivity index (χ1n) is 6.43. The quantitative estimate of drug-likeness (QED) is 0.448. The van der Waals surface area contributed by atoms with Crippen LogP contribution in [0.4, 0.5) is 0 Å². The number of hydrogen-bond donors (Lipinski definition) is 0. The van der Waals surface area contributed by atoms with E-state index in [9.17, 15) is 0 Å². The Balaban J connectivity index is 6.49. The normalized spacial score (nSPS) is 11.9. The zero-order chi connectivity index (χ0) is 15.7. The summed E-state index contributed by atoms with van der Waals surface area (Å²) in [6.45, 7) is 22.9. The number of aliphatic imine (C=N–C) groups is 2. The van der Waals surface area contributed by atoms with Gasteiger partial charge < -0.3 is 0 Å². The fourth-order valence-corrected chi connectivity index (χ4v) is 1.40. The highest BCUT2D eigenvalue weighted by atomic mass is 14.9. The van der Waals surface area contributed by atoms with Gasteiger partial charge in [0.05, 0.1) is 11.4 Å². The second-order valence-corrected chi connectivity index (χ2v) is 4.46. The lowest BCUT2D eigenvalue weighted by Crippen LogP contribution is -1.98. The van der Waals surface area contributed by atoms with Gasteiger partial charge in [-0.1, -0.05) is 44.5 Å². The molecule has 0 rings (SSSR count). The van der Waals surface area contributed by atoms with E-state index >= 15 is 0 Å². The Hall–Kier alpha value is -2.22. The van der Waals surface area contributed by atoms with E-state index in [2.05, 4.69) is 36.3 Å². The molecule has 2 nitrogen and oxygen atoms in total. The third-order valence-electron chi connectivity index (χ3n) is 2.54. The average molecular weight is 268 g/mol. The summed E-state index contributed by atoms with van der Waals surface area (Å²) < 4.78 is 0. The second-order valence-electron chi connectivity index (χ2n) is 4.46. The Morgan fingerprint density at radius 2 is 1.25 bits per heavy atom. The van der Waals surface area contributed by atoms with Gasteiger partial charge >= 0.3 is 0 Å². The van der Waals surface area contributed by atoms with Crippen LogP contribution in [0.1, 0.15) is 27.7 Å². The highest BCUT2D eigenvalue weighted by molar-refractivity contribution is 5.93. The topological polar surface area (TPSA) is 24.7 Å². The SMILES string of the molecule is C=CC(C)=C(/N=C(/C)C=C)C(N=C(C)C)=C(C=C)C=C. The second kappa shape index (κ2) is 8.81. The van der Waals surface area contributed by atoms with Gasteiger partial charge in [-0.2, -0.15) is 0 Å². The molecule has 0 aromatic rings. The van der Waals surface area contributed by atoms with Crippen molar-refractivity contribution in [2.45, 2.75) is 27.7 Å². The van der Waals surface area contributed by atoms with Gasteiger partial charge in [-0.05, 0) is 39.3 Å². The van der Waals surface area contributed by atoms with Crippen LogP contribution in [0.25, 0.3) is 0 Å². The molecule has 0 unspecified atom stereocenters. The minimum atomic E-state index is 0.744. The van der Waals surface area contributed by atoms with E-state index in [4.69, 9.17) is 0 Å². The maximum absolute atomic E-state index is 4.58. The molecule has 0 fully saturated rings. The molecule has 0 aromatic heterocycles. The lowest BCUT2D eigenvalue weighted by atomic mass is 10.1. The van der Waals surface area contributed by atoms with Crippen molar-refractivity contribution in [1.82, 2.24) is 0 Å². The van der Waals surface area contributed by atoms with Gasteiger partial charge in [-0.25, -0.2) is 0 Å². The molecule has 0 spiro atoms. The van der Waals surface area contributed by atoms with E-state index in [0.717, 1.165) is 34.0 Å². The zero-order valence-electron chi connectivity index (χ0n) is 13.0. The third-order valence-corrected chi connectivity index (χ3v) is 2.54. The smallest absolute Gasteiger partial charge is 0.0959 e. The highest BCUT2D eigenvalue weighted by Crippen LogP contribution is 2.24. The van der Waals surface area contributed by atoms with Gasteiger partial charge in [-0.15, -0.1) is 0 Å². The summed E-state index contributed by atoms with van der Waals surface area (Å²) in [7, 11) is 0. The van der Waals surface area contributed by atoms with Crippen molar-refractivity contribution in [1.29, 1.82) is 0 Å². The molecule has 0 aliphatic rings. The maximum Gasteiger partial charge on any atom is 0.0959 e. The Morgan fingerprint density at radius 1 is 0.700 bits per heavy atom. The summed E-state index contributed by atoms with van der Waals surface area (Å²) in [5.74, 6) is 0. The molecule has 0 saturated heterocycles. The van der Waals surface area contributed by atoms with Crippen molar-refractivity contribution in [3.63, 3.8) is 0 Å². The van der Waals surface area contributed by atoms with E-state index in [1.54, 1.807) is 24.3 Å². The Bertz CT molecular complexity index is 524. The number of rotatable bonds is 7. The lowest BCUT2D eigenvalue weighted by molar-refractivity contribution is 1.17. The summed E-state index contributed by atoms with van der Waals surface area (Å²) >= 11 is 0. The van der Waals surface area contributed by atoms with Crippen LogP contribution in [0.2, 0.25) is 0 Å². The summed E-state index contributed by atoms with van der Waals surface area (Å²) in [5, 5.41) is 0. The van der Waals surface area contributed by atoms with Crippen molar-refractivity contribution >= 4 is 11.4 Å². The van der Waals surface area contributed by atoms with Gasteiger partial charge in [0.1, 0.15) is 0 Å². The summed E-state index contributed by atoms with van der Waals surface area (Å²) in [6.07, 6.45) is 6.92. The van der Waals surface area contributed by atoms with E-state index in [0.29, 0.717) is 0 Å². The van der Waals surface area contributed by atoms with Gasteiger partial charge in [-0.3, -0.25) is 9.98 Å². The minimum Gasteiger partial charge on any atom is -0.256 e. The number of allylic oxidation sites excluding steroid dienone is 6. The molecule has 106 valence electrons. The Kier molecular flexibility index (Phi) is 7.83. The van der Waals surface area contributed by atoms with Crippen LogP contribution in [0.5, 0.6) is 0 Å². The first kappa shape index (κ1) is 17.8. The molecule has 20 heavy (non-hydrogen) atoms. The molecule has 0 heterocycles. The van der Waals surface area contributed by atoms with Crippen LogP contribution in [0.15, 0.2) is 83.1 Å². The van der Waals surface area contributed by atoms with Crippen LogP contribution in [0, 0.1) is 0 Å². The molecule has 0 saturated carbocycles. The summed E-state index contributed by atoms with van der Waals surface area (Å²) in [6, 6.07) is 0. The van der Waals surface area contributed by atoms with Crippen molar-refractivity contribution in [2.75, 3.05) is 0 Å². The molecule has 0 atom stereocenters. The predicted molar refractivity (Wildman–Crippen MR) is 92.4 cm³/mol. The Labute approximate surface area is 123 Å². The molecule has 0 N–H and O–H groups in total. The largest absolute Gasteiger partial charge is 0.256 e. The molecular formula is C18H24N2. The van der Waals surface area contributed by atoms with Gasteiger partial charge in [0.15, 0.2) is 0 Å². The average Bonchev–Trinajstić information content (AvgIpc) is 2.43. The van der Waals surface area contributed by atoms with Crippen LogP contribution >= 0.6 is 0 Å². The van der Waals surface area contributed by atoms with E-state index in [1.807, 2.05) is 27.7 Å². The van der Waals surface area contributed by atoms with Crippen LogP contribution in [-0.4, -0.2) is 11.4 Å². The van der Waals surface area contributed by atoms with Crippen molar-refractivity contribution in [3.05, 3.63) is 73.2 Å². The highest BCUT2D eigenvalue weighted by Gasteiger charge is 2.10. The monoisotopic (exact) mass is 268 g/mol. The van der Waals surface area contributed by atoms with E-state index < -0.39 is 0 Å². The molecule has 0 aliphatic carbocycles. The standard InChI is InChI=1S/C18H24N2/c1-9-14(7)17(20-15(8)10-2)18(19-13(5)6)16(11-3)12-4/h9-12H,1-4H2,5-8H3/b17-14?,20-15-. The first-order chi connectivity index (χ1) is 9.40. The van der Waals surface area contributed by atoms with Gasteiger partial charge in [0, 0.05) is 17.0 Å². The summed E-state index contributed by atoms with van der Waals surface area (Å²) in [4.78, 5) is 9.16. The predicted octanol–water partition coefficient (Wildman–Crippen LogP) is 5.20. The van der Waals surface area contributed by atoms with E-state index in [1.165, 1.54) is 0 Å². The molecule has 0 bridgehead atoms. The summed E-state index contributed by atoms with van der Waals surface area (Å²) in [5.41, 5.74) is 5.02. The van der Waals surface area contributed by atoms with Crippen LogP contribution in [0.3, 0.4) is 0 Å². The van der Waals surface area contributed by atoms with Crippen molar-refractivity contribution < 1.29 is 0 Å². The van der Waals surface area contributed by atoms with Crippen molar-refractivity contribution in [2.24, 2.45) is 9.98 Å². The minimum absolute atomic E-state index is 0.744. The molecule has 0 aromatic carbocycles. The van der Waals surface area contributed by atoms with Gasteiger partial charge in [0.25, 0.3) is 0 Å². The molecule has 0 radical (unpaired) electrons. The molecule has 0 amide bonds. The van der Waals surface area contributed by atoms with Gasteiger partial charge in [0.2, 0.25) is 0 Å². The van der Waals surface area contributed by atoms with Crippen LogP contribution in [-0.2, 0) is 0 Å². The first-order valence-corrected chi connectivity index (χ1v) is 6.43. The van der Waals surface area contributed by atoms with E-state index in [-0.39, 0.29) is 0 Å². The van der Waals surface area contributed by atoms with Crippen molar-refractivity contribution in [3.8, 4) is 0 Å². The van der Waals surface area contributed by atoms with Crippen LogP contribution < -0.4 is 0 Å². The third kappa shape index (κ3) is 5.19. The fraction of sp³-hybridized carbons (Fsp3) is 0.222.